The molecule has 0 radical (unpaired) electrons. The lowest BCUT2D eigenvalue weighted by Gasteiger charge is -2.39. The number of ether oxygens (including phenoxy) is 2. The Hall–Kier alpha value is -2.58. The molecule has 8 heteroatoms. The smallest absolute Gasteiger partial charge is 0.261 e. The SMILES string of the molecule is CCC1CC(OC2CCN(CCOc3ccc(C(=O)N(C=O)C(CCC(C)=O)C(C)=O)c(C)c3)CC2)C1. The Kier molecular flexibility index (Phi) is 10.8. The van der Waals surface area contributed by atoms with Crippen LogP contribution in [0.25, 0.3) is 0 Å². The minimum absolute atomic E-state index is 0.0984. The highest BCUT2D eigenvalue weighted by Crippen LogP contribution is 2.34. The number of piperidine rings is 1. The summed E-state index contributed by atoms with van der Waals surface area (Å²) >= 11 is 0. The number of carbonyl (C=O) groups excluding carboxylic acids is 4. The highest BCUT2D eigenvalue weighted by molar-refractivity contribution is 6.04. The fourth-order valence-corrected chi connectivity index (χ4v) is 5.20. The second kappa shape index (κ2) is 13.8. The van der Waals surface area contributed by atoms with Gasteiger partial charge in [-0.25, -0.2) is 0 Å². The molecule has 1 aromatic rings. The Labute approximate surface area is 220 Å². The molecule has 0 N–H and O–H groups in total. The molecule has 1 saturated carbocycles. The molecule has 37 heavy (non-hydrogen) atoms. The highest BCUT2D eigenvalue weighted by Gasteiger charge is 2.32. The molecule has 1 aliphatic heterocycles. The van der Waals surface area contributed by atoms with Crippen LogP contribution in [0.15, 0.2) is 18.2 Å². The molecule has 1 unspecified atom stereocenters. The van der Waals surface area contributed by atoms with Crippen molar-refractivity contribution in [3.8, 4) is 5.75 Å². The summed E-state index contributed by atoms with van der Waals surface area (Å²) in [6, 6.07) is 4.15. The number of benzene rings is 1. The predicted molar refractivity (Wildman–Crippen MR) is 141 cm³/mol. The Morgan fingerprint density at radius 3 is 2.41 bits per heavy atom. The second-order valence-corrected chi connectivity index (χ2v) is 10.6. The van der Waals surface area contributed by atoms with E-state index in [1.165, 1.54) is 33.1 Å². The lowest BCUT2D eigenvalue weighted by molar-refractivity contribution is -0.128. The third-order valence-electron chi connectivity index (χ3n) is 7.72. The van der Waals surface area contributed by atoms with Gasteiger partial charge >= 0.3 is 0 Å². The normalized spacial score (nSPS) is 21.1. The molecule has 1 heterocycles. The van der Waals surface area contributed by atoms with Crippen LogP contribution in [-0.4, -0.2) is 78.2 Å². The number of aryl methyl sites for hydroxylation is 1. The molecular formula is C29H42N2O6. The number of carbonyl (C=O) groups is 4. The molecule has 2 fully saturated rings. The molecular weight excluding hydrogens is 472 g/mol. The quantitative estimate of drug-likeness (QED) is 0.347. The van der Waals surface area contributed by atoms with E-state index >= 15 is 0 Å². The average molecular weight is 515 g/mol. The van der Waals surface area contributed by atoms with Gasteiger partial charge in [-0.05, 0) is 82.6 Å². The van der Waals surface area contributed by atoms with E-state index in [2.05, 4.69) is 11.8 Å². The van der Waals surface area contributed by atoms with Crippen molar-refractivity contribution in [1.82, 2.24) is 9.80 Å². The Bertz CT molecular complexity index is 950. The molecule has 0 aromatic heterocycles. The summed E-state index contributed by atoms with van der Waals surface area (Å²) in [6.45, 7) is 10.1. The maximum atomic E-state index is 13.1. The van der Waals surface area contributed by atoms with E-state index in [9.17, 15) is 19.2 Å². The minimum atomic E-state index is -0.958. The molecule has 204 valence electrons. The van der Waals surface area contributed by atoms with E-state index in [0.29, 0.717) is 42.1 Å². The topological polar surface area (TPSA) is 93.2 Å². The standard InChI is InChI=1S/C29H42N2O6/c1-5-23-17-26(18-23)37-24-10-12-30(13-11-24)14-15-36-25-7-8-27(20(2)16-25)29(35)31(19-32)28(22(4)34)9-6-21(3)33/h7-8,16,19,23-24,26,28H,5-6,9-15,17-18H2,1-4H3. The Balaban J connectivity index is 1.46. The number of ketones is 2. The first kappa shape index (κ1) is 29.0. The maximum Gasteiger partial charge on any atom is 0.261 e. The fraction of sp³-hybridized carbons (Fsp3) is 0.655. The molecule has 1 aliphatic carbocycles. The number of likely N-dealkylation sites (tertiary alicyclic amines) is 1. The van der Waals surface area contributed by atoms with Gasteiger partial charge in [0.15, 0.2) is 5.78 Å². The summed E-state index contributed by atoms with van der Waals surface area (Å²) in [5, 5.41) is 0. The summed E-state index contributed by atoms with van der Waals surface area (Å²) in [7, 11) is 0. The van der Waals surface area contributed by atoms with Crippen LogP contribution in [-0.2, 0) is 19.1 Å². The second-order valence-electron chi connectivity index (χ2n) is 10.6. The van der Waals surface area contributed by atoms with E-state index in [1.54, 1.807) is 25.1 Å². The van der Waals surface area contributed by atoms with Gasteiger partial charge in [0.2, 0.25) is 6.41 Å². The molecule has 0 bridgehead atoms. The van der Waals surface area contributed by atoms with Crippen LogP contribution < -0.4 is 4.74 Å². The van der Waals surface area contributed by atoms with E-state index < -0.39 is 11.9 Å². The third kappa shape index (κ3) is 8.20. The number of imide groups is 1. The first-order valence-corrected chi connectivity index (χ1v) is 13.6. The van der Waals surface area contributed by atoms with Gasteiger partial charge in [-0.2, -0.15) is 0 Å². The van der Waals surface area contributed by atoms with Crippen LogP contribution in [0, 0.1) is 12.8 Å². The predicted octanol–water partition coefficient (Wildman–Crippen LogP) is 3.97. The van der Waals surface area contributed by atoms with Crippen LogP contribution >= 0.6 is 0 Å². The van der Waals surface area contributed by atoms with Crippen molar-refractivity contribution in [2.45, 2.75) is 90.9 Å². The fourth-order valence-electron chi connectivity index (χ4n) is 5.20. The molecule has 2 amide bonds. The van der Waals surface area contributed by atoms with Crippen molar-refractivity contribution < 1.29 is 28.7 Å². The van der Waals surface area contributed by atoms with Gasteiger partial charge in [-0.15, -0.1) is 0 Å². The summed E-state index contributed by atoms with van der Waals surface area (Å²) in [5.41, 5.74) is 0.981. The molecule has 1 atom stereocenters. The van der Waals surface area contributed by atoms with Crippen LogP contribution in [0.5, 0.6) is 5.75 Å². The van der Waals surface area contributed by atoms with Crippen molar-refractivity contribution in [3.05, 3.63) is 29.3 Å². The number of nitrogens with zero attached hydrogens (tertiary/aromatic N) is 2. The van der Waals surface area contributed by atoms with E-state index in [0.717, 1.165) is 43.3 Å². The van der Waals surface area contributed by atoms with Gasteiger partial charge < -0.3 is 14.3 Å². The number of amides is 2. The van der Waals surface area contributed by atoms with Crippen LogP contribution in [0.2, 0.25) is 0 Å². The van der Waals surface area contributed by atoms with E-state index in [4.69, 9.17) is 9.47 Å². The summed E-state index contributed by atoms with van der Waals surface area (Å²) in [5.74, 6) is 0.527. The van der Waals surface area contributed by atoms with Gasteiger partial charge in [0.25, 0.3) is 5.91 Å². The lowest BCUT2D eigenvalue weighted by atomic mass is 9.80. The number of hydrogen-bond acceptors (Lipinski definition) is 7. The first-order chi connectivity index (χ1) is 17.7. The highest BCUT2D eigenvalue weighted by atomic mass is 16.5. The van der Waals surface area contributed by atoms with Crippen LogP contribution in [0.1, 0.15) is 81.6 Å². The summed E-state index contributed by atoms with van der Waals surface area (Å²) in [4.78, 5) is 51.5. The minimum Gasteiger partial charge on any atom is -0.492 e. The van der Waals surface area contributed by atoms with Crippen LogP contribution in [0.4, 0.5) is 0 Å². The maximum absolute atomic E-state index is 13.1. The Morgan fingerprint density at radius 2 is 1.84 bits per heavy atom. The zero-order valence-corrected chi connectivity index (χ0v) is 22.7. The number of rotatable bonds is 14. The average Bonchev–Trinajstić information content (AvgIpc) is 2.84. The first-order valence-electron chi connectivity index (χ1n) is 13.6. The largest absolute Gasteiger partial charge is 0.492 e. The van der Waals surface area contributed by atoms with Crippen molar-refractivity contribution in [2.75, 3.05) is 26.2 Å². The zero-order chi connectivity index (χ0) is 26.9. The Morgan fingerprint density at radius 1 is 1.14 bits per heavy atom. The monoisotopic (exact) mass is 514 g/mol. The molecule has 3 rings (SSSR count). The van der Waals surface area contributed by atoms with Gasteiger partial charge in [0.05, 0.1) is 18.2 Å². The molecule has 2 aliphatic rings. The number of Topliss-reactive ketones (excluding diaryl/α,β-unsaturated/α-hetero) is 2. The summed E-state index contributed by atoms with van der Waals surface area (Å²) in [6.07, 6.45) is 7.29. The van der Waals surface area contributed by atoms with Gasteiger partial charge in [-0.1, -0.05) is 13.3 Å². The summed E-state index contributed by atoms with van der Waals surface area (Å²) < 4.78 is 12.2. The molecule has 8 nitrogen and oxygen atoms in total. The third-order valence-corrected chi connectivity index (χ3v) is 7.72. The lowest BCUT2D eigenvalue weighted by Crippen LogP contribution is -2.44. The van der Waals surface area contributed by atoms with Gasteiger partial charge in [0.1, 0.15) is 18.1 Å². The molecule has 1 aromatic carbocycles. The van der Waals surface area contributed by atoms with Crippen LogP contribution in [0.3, 0.4) is 0 Å². The molecule has 1 saturated heterocycles. The number of hydrogen-bond donors (Lipinski definition) is 0. The van der Waals surface area contributed by atoms with E-state index in [-0.39, 0.29) is 24.4 Å². The zero-order valence-electron chi connectivity index (χ0n) is 22.7. The van der Waals surface area contributed by atoms with Crippen molar-refractivity contribution in [2.24, 2.45) is 5.92 Å². The van der Waals surface area contributed by atoms with Gasteiger partial charge in [-0.3, -0.25) is 24.2 Å². The van der Waals surface area contributed by atoms with Crippen molar-refractivity contribution in [1.29, 1.82) is 0 Å². The molecule has 0 spiro atoms. The van der Waals surface area contributed by atoms with Crippen molar-refractivity contribution >= 4 is 23.9 Å². The van der Waals surface area contributed by atoms with E-state index in [1.807, 2.05) is 0 Å². The van der Waals surface area contributed by atoms with Gasteiger partial charge in [0, 0.05) is 31.6 Å². The van der Waals surface area contributed by atoms with Crippen molar-refractivity contribution in [3.63, 3.8) is 0 Å².